The number of fused-ring (bicyclic) bond motifs is 1. The third-order valence-electron chi connectivity index (χ3n) is 3.19. The average molecular weight is 322 g/mol. The summed E-state index contributed by atoms with van der Waals surface area (Å²) >= 11 is 6.07. The highest BCUT2D eigenvalue weighted by Crippen LogP contribution is 2.23. The van der Waals surface area contributed by atoms with E-state index in [1.165, 1.54) is 0 Å². The summed E-state index contributed by atoms with van der Waals surface area (Å²) in [7, 11) is -1.06. The molecule has 0 N–H and O–H groups in total. The number of rotatable bonds is 6. The number of benzene rings is 1. The van der Waals surface area contributed by atoms with Crippen molar-refractivity contribution in [3.8, 4) is 6.07 Å². The molecule has 2 rings (SSSR count). The molecule has 113 valence electrons. The van der Waals surface area contributed by atoms with Gasteiger partial charge in [0.1, 0.15) is 6.73 Å². The molecule has 21 heavy (non-hydrogen) atoms. The van der Waals surface area contributed by atoms with Gasteiger partial charge in [-0.25, -0.2) is 4.68 Å². The molecule has 0 saturated carbocycles. The molecule has 1 heterocycles. The molecule has 0 aliphatic rings. The molecule has 6 heteroatoms. The lowest BCUT2D eigenvalue weighted by atomic mass is 10.1. The molecule has 1 aromatic heterocycles. The molecule has 0 saturated heterocycles. The Labute approximate surface area is 131 Å². The Morgan fingerprint density at radius 2 is 2.14 bits per heavy atom. The monoisotopic (exact) mass is 321 g/mol. The van der Waals surface area contributed by atoms with Crippen LogP contribution >= 0.6 is 11.6 Å². The number of ether oxygens (including phenoxy) is 1. The lowest BCUT2D eigenvalue weighted by molar-refractivity contribution is 0.0791. The van der Waals surface area contributed by atoms with E-state index in [4.69, 9.17) is 21.6 Å². The van der Waals surface area contributed by atoms with Crippen molar-refractivity contribution in [1.29, 1.82) is 5.26 Å². The molecule has 0 spiro atoms. The first-order valence-electron chi connectivity index (χ1n) is 6.99. The van der Waals surface area contributed by atoms with Crippen molar-refractivity contribution >= 4 is 30.6 Å². The number of nitrogens with zero attached hydrogens (tertiary/aromatic N) is 3. The van der Waals surface area contributed by atoms with Crippen LogP contribution in [-0.2, 0) is 17.9 Å². The van der Waals surface area contributed by atoms with Crippen molar-refractivity contribution in [3.05, 3.63) is 28.9 Å². The first kappa shape index (κ1) is 16.0. The van der Waals surface area contributed by atoms with Gasteiger partial charge in [0, 0.05) is 23.2 Å². The standard InChI is InChI=1S/C15H20ClN3OSi/c1-21(2,3)7-6-20-11-19-10-13-9-14(16)8-12(4-5-17)15(13)18-19/h8-10H,4,6-7,11H2,1-3H3/q-1. The maximum atomic E-state index is 8.88. The van der Waals surface area contributed by atoms with E-state index in [9.17, 15) is 0 Å². The predicted octanol–water partition coefficient (Wildman–Crippen LogP) is 4.07. The van der Waals surface area contributed by atoms with Gasteiger partial charge in [0.15, 0.2) is 0 Å². The molecule has 0 radical (unpaired) electrons. The van der Waals surface area contributed by atoms with Crippen molar-refractivity contribution < 1.29 is 4.74 Å². The number of aromatic nitrogens is 2. The van der Waals surface area contributed by atoms with Gasteiger partial charge in [-0.15, -0.1) is 14.1 Å². The molecular formula is C15H20ClN3OSi-. The Kier molecular flexibility index (Phi) is 5.04. The molecule has 0 aliphatic carbocycles. The fourth-order valence-corrected chi connectivity index (χ4v) is 3.05. The third-order valence-corrected chi connectivity index (χ3v) is 5.11. The first-order valence-corrected chi connectivity index (χ1v) is 11.1. The second kappa shape index (κ2) is 6.61. The van der Waals surface area contributed by atoms with Gasteiger partial charge < -0.3 is 4.74 Å². The van der Waals surface area contributed by atoms with Crippen LogP contribution in [0.1, 0.15) is 5.56 Å². The Bertz CT molecular complexity index is 670. The number of hydrogen-bond donors (Lipinski definition) is 0. The second-order valence-electron chi connectivity index (χ2n) is 6.35. The van der Waals surface area contributed by atoms with Crippen LogP contribution in [0.4, 0.5) is 0 Å². The van der Waals surface area contributed by atoms with Gasteiger partial charge in [0.2, 0.25) is 0 Å². The predicted molar refractivity (Wildman–Crippen MR) is 88.2 cm³/mol. The second-order valence-corrected chi connectivity index (χ2v) is 12.4. The van der Waals surface area contributed by atoms with Crippen LogP contribution < -0.4 is 0 Å². The highest BCUT2D eigenvalue weighted by atomic mass is 35.5. The van der Waals surface area contributed by atoms with Crippen molar-refractivity contribution in [2.24, 2.45) is 0 Å². The fraction of sp³-hybridized carbons (Fsp3) is 0.467. The zero-order chi connectivity index (χ0) is 15.5. The third kappa shape index (κ3) is 4.56. The molecule has 0 unspecified atom stereocenters. The Morgan fingerprint density at radius 1 is 1.38 bits per heavy atom. The molecule has 0 fully saturated rings. The maximum absolute atomic E-state index is 8.88. The van der Waals surface area contributed by atoms with Gasteiger partial charge >= 0.3 is 0 Å². The Hall–Kier alpha value is -1.35. The van der Waals surface area contributed by atoms with Crippen LogP contribution in [0.5, 0.6) is 0 Å². The van der Waals surface area contributed by atoms with E-state index < -0.39 is 8.07 Å². The van der Waals surface area contributed by atoms with Gasteiger partial charge in [-0.05, 0) is 17.7 Å². The zero-order valence-corrected chi connectivity index (χ0v) is 14.4. The average Bonchev–Trinajstić information content (AvgIpc) is 2.77. The summed E-state index contributed by atoms with van der Waals surface area (Å²) in [6.07, 6.45) is 2.22. The van der Waals surface area contributed by atoms with Crippen LogP contribution in [0.2, 0.25) is 30.7 Å². The Morgan fingerprint density at radius 3 is 2.81 bits per heavy atom. The quantitative estimate of drug-likeness (QED) is 0.595. The molecule has 1 aromatic carbocycles. The summed E-state index contributed by atoms with van der Waals surface area (Å²) in [5.74, 6) is 0. The maximum Gasteiger partial charge on any atom is 0.139 e. The fourth-order valence-electron chi connectivity index (χ4n) is 2.04. The number of halogens is 1. The minimum absolute atomic E-state index is 0.310. The van der Waals surface area contributed by atoms with Crippen LogP contribution in [0.15, 0.2) is 18.3 Å². The van der Waals surface area contributed by atoms with Gasteiger partial charge in [0.25, 0.3) is 0 Å². The minimum atomic E-state index is -1.06. The van der Waals surface area contributed by atoms with Gasteiger partial charge in [0.05, 0.1) is 18.0 Å². The van der Waals surface area contributed by atoms with Gasteiger partial charge in [-0.1, -0.05) is 11.6 Å². The lowest BCUT2D eigenvalue weighted by Crippen LogP contribution is -2.22. The summed E-state index contributed by atoms with van der Waals surface area (Å²) in [6.45, 7) is 8.18. The number of hydrogen-bond acceptors (Lipinski definition) is 3. The molecular weight excluding hydrogens is 302 g/mol. The van der Waals surface area contributed by atoms with Gasteiger partial charge in [-0.3, -0.25) is 0 Å². The number of nitriles is 1. The first-order chi connectivity index (χ1) is 9.89. The highest BCUT2D eigenvalue weighted by molar-refractivity contribution is 6.76. The van der Waals surface area contributed by atoms with E-state index in [0.717, 1.165) is 29.1 Å². The van der Waals surface area contributed by atoms with E-state index in [2.05, 4.69) is 30.8 Å². The molecule has 2 aromatic rings. The molecule has 0 aliphatic heterocycles. The molecule has 4 nitrogen and oxygen atoms in total. The topological polar surface area (TPSA) is 50.8 Å². The molecule has 0 bridgehead atoms. The van der Waals surface area contributed by atoms with E-state index in [-0.39, 0.29) is 0 Å². The highest BCUT2D eigenvalue weighted by Gasteiger charge is 2.08. The smallest absolute Gasteiger partial charge is 0.139 e. The van der Waals surface area contributed by atoms with Gasteiger partial charge in [-0.2, -0.15) is 30.0 Å². The van der Waals surface area contributed by atoms with Crippen LogP contribution in [0, 0.1) is 11.3 Å². The van der Waals surface area contributed by atoms with Crippen molar-refractivity contribution in [3.63, 3.8) is 0 Å². The van der Waals surface area contributed by atoms with Crippen molar-refractivity contribution in [2.45, 2.75) is 38.8 Å². The van der Waals surface area contributed by atoms with Crippen LogP contribution in [0.25, 0.3) is 10.9 Å². The summed E-state index contributed by atoms with van der Waals surface area (Å²) in [5.41, 5.74) is 1.69. The molecule has 0 atom stereocenters. The zero-order valence-electron chi connectivity index (χ0n) is 12.7. The van der Waals surface area contributed by atoms with E-state index >= 15 is 0 Å². The van der Waals surface area contributed by atoms with Crippen molar-refractivity contribution in [1.82, 2.24) is 9.78 Å². The van der Waals surface area contributed by atoms with E-state index in [1.54, 1.807) is 10.7 Å². The van der Waals surface area contributed by atoms with E-state index in [0.29, 0.717) is 18.2 Å². The van der Waals surface area contributed by atoms with Crippen LogP contribution in [0.3, 0.4) is 0 Å². The van der Waals surface area contributed by atoms with E-state index in [1.807, 2.05) is 12.3 Å². The summed E-state index contributed by atoms with van der Waals surface area (Å²) < 4.78 is 7.46. The summed E-state index contributed by atoms with van der Waals surface area (Å²) in [4.78, 5) is 0. The van der Waals surface area contributed by atoms with Crippen LogP contribution in [-0.4, -0.2) is 24.5 Å². The van der Waals surface area contributed by atoms with Crippen molar-refractivity contribution in [2.75, 3.05) is 6.61 Å². The summed E-state index contributed by atoms with van der Waals surface area (Å²) in [6, 6.07) is 6.95. The SMILES string of the molecule is C[Si-](C)(C)CCOCn1cc2cc(Cl)cc(CC#N)c2n1. The lowest BCUT2D eigenvalue weighted by Gasteiger charge is -2.26. The normalized spacial score (nSPS) is 11.8. The summed E-state index contributed by atoms with van der Waals surface area (Å²) in [5, 5.41) is 15.0. The minimum Gasteiger partial charge on any atom is -0.362 e. The largest absolute Gasteiger partial charge is 0.362 e. The molecule has 0 amide bonds. The Balaban J connectivity index is 2.09.